The molecular formula is C20H26O6S. The number of ether oxygens (including phenoxy) is 2. The molecule has 7 heteroatoms. The first-order chi connectivity index (χ1) is 12.9. The van der Waals surface area contributed by atoms with Crippen molar-refractivity contribution in [3.8, 4) is 5.75 Å². The van der Waals surface area contributed by atoms with Crippen LogP contribution < -0.4 is 4.74 Å². The number of methoxy groups -OCH3 is 1. The topological polar surface area (TPSA) is 71.1 Å². The standard InChI is InChI=1S/C20H26O6S/c1-20-8-7-15-14-6-4-13(24-11-23-2)9-12(14)3-5-16(15)17(20)10-18-19(20)26-27(21,22)25-18/h4,6,9,15-19H,3,5,7-8,10-11H2,1-2H3/t15-,16-,17+,18?,19?,20+/m1/s1. The fraction of sp³-hybridized carbons (Fsp3) is 0.700. The summed E-state index contributed by atoms with van der Waals surface area (Å²) in [6.07, 6.45) is 4.34. The molecule has 2 saturated carbocycles. The summed E-state index contributed by atoms with van der Waals surface area (Å²) in [5, 5.41) is 0. The Balaban J connectivity index is 1.41. The molecule has 0 aromatic heterocycles. The smallest absolute Gasteiger partial charge is 0.400 e. The van der Waals surface area contributed by atoms with Crippen LogP contribution in [0.4, 0.5) is 0 Å². The molecule has 1 saturated heterocycles. The van der Waals surface area contributed by atoms with Gasteiger partial charge in [-0.15, -0.1) is 0 Å². The fourth-order valence-electron chi connectivity index (χ4n) is 6.28. The molecule has 1 aliphatic heterocycles. The molecule has 0 N–H and O–H groups in total. The van der Waals surface area contributed by atoms with E-state index in [1.165, 1.54) is 11.1 Å². The minimum atomic E-state index is -3.81. The average Bonchev–Trinajstić information content (AvgIpc) is 3.09. The molecule has 3 fully saturated rings. The third-order valence-electron chi connectivity index (χ3n) is 7.42. The van der Waals surface area contributed by atoms with E-state index in [0.717, 1.165) is 37.9 Å². The average molecular weight is 394 g/mol. The highest BCUT2D eigenvalue weighted by Crippen LogP contribution is 2.63. The van der Waals surface area contributed by atoms with E-state index in [4.69, 9.17) is 17.8 Å². The first-order valence-corrected chi connectivity index (χ1v) is 11.1. The van der Waals surface area contributed by atoms with Gasteiger partial charge in [0.15, 0.2) is 6.79 Å². The van der Waals surface area contributed by atoms with Crippen LogP contribution in [-0.2, 0) is 29.9 Å². The molecule has 4 aliphatic rings. The van der Waals surface area contributed by atoms with Gasteiger partial charge in [0.1, 0.15) is 18.0 Å². The highest BCUT2D eigenvalue weighted by molar-refractivity contribution is 7.82. The maximum Gasteiger partial charge on any atom is 0.400 e. The molecule has 0 spiro atoms. The van der Waals surface area contributed by atoms with Crippen molar-refractivity contribution in [3.05, 3.63) is 29.3 Å². The molecule has 6 nitrogen and oxygen atoms in total. The second kappa shape index (κ2) is 6.17. The van der Waals surface area contributed by atoms with Crippen LogP contribution in [0.2, 0.25) is 0 Å². The van der Waals surface area contributed by atoms with Crippen LogP contribution in [0, 0.1) is 17.3 Å². The lowest BCUT2D eigenvalue weighted by atomic mass is 9.55. The second-order valence-electron chi connectivity index (χ2n) is 8.67. The first kappa shape index (κ1) is 17.9. The molecule has 6 atom stereocenters. The lowest BCUT2D eigenvalue weighted by Gasteiger charge is -2.50. The molecule has 148 valence electrons. The van der Waals surface area contributed by atoms with Crippen molar-refractivity contribution in [2.24, 2.45) is 17.3 Å². The van der Waals surface area contributed by atoms with E-state index < -0.39 is 10.4 Å². The van der Waals surface area contributed by atoms with Gasteiger partial charge in [-0.3, -0.25) is 0 Å². The summed E-state index contributed by atoms with van der Waals surface area (Å²) < 4.78 is 44.7. The fourth-order valence-corrected chi connectivity index (χ4v) is 7.41. The van der Waals surface area contributed by atoms with Crippen molar-refractivity contribution in [3.63, 3.8) is 0 Å². The van der Waals surface area contributed by atoms with Crippen LogP contribution in [0.5, 0.6) is 5.75 Å². The predicted octanol–water partition coefficient (Wildman–Crippen LogP) is 3.16. The summed E-state index contributed by atoms with van der Waals surface area (Å²) in [5.74, 6) is 2.39. The van der Waals surface area contributed by atoms with Gasteiger partial charge in [0.05, 0.1) is 0 Å². The Morgan fingerprint density at radius 3 is 2.93 bits per heavy atom. The zero-order chi connectivity index (χ0) is 18.8. The van der Waals surface area contributed by atoms with Gasteiger partial charge >= 0.3 is 10.4 Å². The Bertz CT molecular complexity index is 852. The number of benzene rings is 1. The Morgan fingerprint density at radius 1 is 1.26 bits per heavy atom. The molecule has 0 bridgehead atoms. The lowest BCUT2D eigenvalue weighted by molar-refractivity contribution is -0.00572. The van der Waals surface area contributed by atoms with Gasteiger partial charge in [-0.2, -0.15) is 8.42 Å². The number of rotatable bonds is 3. The zero-order valence-corrected chi connectivity index (χ0v) is 16.5. The molecule has 1 heterocycles. The maximum atomic E-state index is 11.7. The number of hydrogen-bond donors (Lipinski definition) is 0. The molecular weight excluding hydrogens is 368 g/mol. The molecule has 2 unspecified atom stereocenters. The third-order valence-corrected chi connectivity index (χ3v) is 8.34. The quantitative estimate of drug-likeness (QED) is 0.734. The normalized spacial score (nSPS) is 41.3. The molecule has 5 rings (SSSR count). The van der Waals surface area contributed by atoms with Gasteiger partial charge in [0.25, 0.3) is 0 Å². The second-order valence-corrected chi connectivity index (χ2v) is 9.87. The van der Waals surface area contributed by atoms with Crippen LogP contribution in [-0.4, -0.2) is 34.5 Å². The number of aryl methyl sites for hydroxylation is 1. The van der Waals surface area contributed by atoms with Gasteiger partial charge in [0.2, 0.25) is 0 Å². The van der Waals surface area contributed by atoms with Gasteiger partial charge < -0.3 is 9.47 Å². The molecule has 1 aromatic carbocycles. The Morgan fingerprint density at radius 2 is 2.11 bits per heavy atom. The van der Waals surface area contributed by atoms with Gasteiger partial charge in [-0.25, -0.2) is 8.37 Å². The summed E-state index contributed by atoms with van der Waals surface area (Å²) in [6.45, 7) is 2.47. The SMILES string of the molecule is COCOc1ccc2c(c1)CC[C@@H]1[C@@H]2CC[C@]2(C)C3OS(=O)(=O)OC3C[C@@H]12. The molecule has 0 amide bonds. The molecule has 1 aromatic rings. The van der Waals surface area contributed by atoms with E-state index >= 15 is 0 Å². The Kier molecular flexibility index (Phi) is 4.10. The van der Waals surface area contributed by atoms with Crippen molar-refractivity contribution < 1.29 is 26.3 Å². The van der Waals surface area contributed by atoms with E-state index in [0.29, 0.717) is 17.8 Å². The van der Waals surface area contributed by atoms with Crippen molar-refractivity contribution in [1.82, 2.24) is 0 Å². The number of hydrogen-bond acceptors (Lipinski definition) is 6. The van der Waals surface area contributed by atoms with Gasteiger partial charge in [0, 0.05) is 12.5 Å². The molecule has 27 heavy (non-hydrogen) atoms. The number of fused-ring (bicyclic) bond motifs is 7. The Labute approximate surface area is 160 Å². The van der Waals surface area contributed by atoms with Crippen LogP contribution in [0.15, 0.2) is 18.2 Å². The summed E-state index contributed by atoms with van der Waals surface area (Å²) in [4.78, 5) is 0. The van der Waals surface area contributed by atoms with Crippen molar-refractivity contribution in [2.75, 3.05) is 13.9 Å². The van der Waals surface area contributed by atoms with Crippen LogP contribution in [0.1, 0.15) is 49.7 Å². The molecule has 0 radical (unpaired) electrons. The van der Waals surface area contributed by atoms with E-state index in [2.05, 4.69) is 19.1 Å². The van der Waals surface area contributed by atoms with Crippen molar-refractivity contribution in [1.29, 1.82) is 0 Å². The lowest BCUT2D eigenvalue weighted by Crippen LogP contribution is -2.44. The first-order valence-electron chi connectivity index (χ1n) is 9.77. The van der Waals surface area contributed by atoms with E-state index in [1.54, 1.807) is 7.11 Å². The maximum absolute atomic E-state index is 11.7. The largest absolute Gasteiger partial charge is 0.468 e. The summed E-state index contributed by atoms with van der Waals surface area (Å²) >= 11 is 0. The monoisotopic (exact) mass is 394 g/mol. The van der Waals surface area contributed by atoms with Crippen LogP contribution in [0.3, 0.4) is 0 Å². The van der Waals surface area contributed by atoms with Gasteiger partial charge in [-0.1, -0.05) is 13.0 Å². The highest BCUT2D eigenvalue weighted by atomic mass is 32.3. The third kappa shape index (κ3) is 2.74. The van der Waals surface area contributed by atoms with Crippen LogP contribution in [0.25, 0.3) is 0 Å². The predicted molar refractivity (Wildman–Crippen MR) is 97.6 cm³/mol. The molecule has 3 aliphatic carbocycles. The van der Waals surface area contributed by atoms with E-state index in [-0.39, 0.29) is 24.4 Å². The zero-order valence-electron chi connectivity index (χ0n) is 15.7. The van der Waals surface area contributed by atoms with Crippen molar-refractivity contribution in [2.45, 2.75) is 57.2 Å². The van der Waals surface area contributed by atoms with Gasteiger partial charge in [-0.05, 0) is 73.1 Å². The minimum Gasteiger partial charge on any atom is -0.468 e. The Hall–Kier alpha value is -1.15. The summed E-state index contributed by atoms with van der Waals surface area (Å²) in [6, 6.07) is 6.41. The van der Waals surface area contributed by atoms with Crippen LogP contribution >= 0.6 is 0 Å². The van der Waals surface area contributed by atoms with E-state index in [9.17, 15) is 8.42 Å². The van der Waals surface area contributed by atoms with Crippen molar-refractivity contribution >= 4 is 10.4 Å². The minimum absolute atomic E-state index is 0.117. The van der Waals surface area contributed by atoms with E-state index in [1.807, 2.05) is 6.07 Å². The summed E-state index contributed by atoms with van der Waals surface area (Å²) in [5.41, 5.74) is 2.69. The summed E-state index contributed by atoms with van der Waals surface area (Å²) in [7, 11) is -2.19. The highest BCUT2D eigenvalue weighted by Gasteiger charge is 2.63.